The van der Waals surface area contributed by atoms with E-state index in [1.165, 1.54) is 22.4 Å². The van der Waals surface area contributed by atoms with Crippen LogP contribution in [0.5, 0.6) is 0 Å². The molecular weight excluding hydrogens is 406 g/mol. The van der Waals surface area contributed by atoms with Gasteiger partial charge in [0, 0.05) is 25.6 Å². The van der Waals surface area contributed by atoms with Crippen LogP contribution in [0.15, 0.2) is 29.1 Å². The van der Waals surface area contributed by atoms with Crippen LogP contribution in [0.3, 0.4) is 0 Å². The largest absolute Gasteiger partial charge is 0.345 e. The number of benzene rings is 1. The van der Waals surface area contributed by atoms with Gasteiger partial charge in [-0.3, -0.25) is 19.1 Å². The first-order valence-corrected chi connectivity index (χ1v) is 11.9. The smallest absolute Gasteiger partial charge is 0.303 e. The molecule has 1 aromatic carbocycles. The highest BCUT2D eigenvalue weighted by molar-refractivity contribution is 6.21. The summed E-state index contributed by atoms with van der Waals surface area (Å²) in [5.74, 6) is 0.931. The molecule has 1 saturated carbocycles. The van der Waals surface area contributed by atoms with E-state index in [-0.39, 0.29) is 17.5 Å². The number of amides is 2. The molecule has 8 heteroatoms. The highest BCUT2D eigenvalue weighted by Gasteiger charge is 2.35. The van der Waals surface area contributed by atoms with Gasteiger partial charge in [-0.25, -0.2) is 9.48 Å². The van der Waals surface area contributed by atoms with Crippen molar-refractivity contribution in [2.45, 2.75) is 56.9 Å². The number of hydrogen-bond acceptors (Lipinski definition) is 5. The minimum atomic E-state index is -0.177. The number of rotatable bonds is 6. The molecule has 0 unspecified atom stereocenters. The lowest BCUT2D eigenvalue weighted by molar-refractivity contribution is 0.0645. The Balaban J connectivity index is 1.15. The Morgan fingerprint density at radius 2 is 1.53 bits per heavy atom. The molecule has 2 fully saturated rings. The minimum absolute atomic E-state index is 0.0234. The second-order valence-corrected chi connectivity index (χ2v) is 9.35. The number of fused-ring (bicyclic) bond motifs is 1. The minimum Gasteiger partial charge on any atom is -0.303 e. The van der Waals surface area contributed by atoms with Crippen molar-refractivity contribution in [3.8, 4) is 0 Å². The van der Waals surface area contributed by atoms with Crippen LogP contribution < -0.4 is 5.69 Å². The number of aryl methyl sites for hydroxylation is 1. The number of carbonyl (C=O) groups excluding carboxylic acids is 2. The monoisotopic (exact) mass is 437 g/mol. The van der Waals surface area contributed by atoms with Crippen LogP contribution in [0.1, 0.15) is 83.4 Å². The lowest BCUT2D eigenvalue weighted by Gasteiger charge is -2.32. The molecule has 2 amide bonds. The van der Waals surface area contributed by atoms with Crippen molar-refractivity contribution in [2.24, 2.45) is 7.05 Å². The van der Waals surface area contributed by atoms with E-state index in [4.69, 9.17) is 0 Å². The molecule has 0 atom stereocenters. The van der Waals surface area contributed by atoms with Crippen LogP contribution in [-0.4, -0.2) is 62.1 Å². The molecule has 1 aliphatic carbocycles. The molecule has 1 aromatic heterocycles. The summed E-state index contributed by atoms with van der Waals surface area (Å²) in [6, 6.07) is 7.35. The zero-order valence-electron chi connectivity index (χ0n) is 18.7. The number of nitrogens with zero attached hydrogens (tertiary/aromatic N) is 5. The molecule has 3 aliphatic rings. The van der Waals surface area contributed by atoms with Gasteiger partial charge < -0.3 is 4.90 Å². The lowest BCUT2D eigenvalue weighted by atomic mass is 9.95. The average molecular weight is 438 g/mol. The van der Waals surface area contributed by atoms with Gasteiger partial charge in [-0.15, -0.1) is 0 Å². The normalized spacial score (nSPS) is 20.5. The van der Waals surface area contributed by atoms with Crippen molar-refractivity contribution in [1.29, 1.82) is 0 Å². The summed E-state index contributed by atoms with van der Waals surface area (Å²) in [4.78, 5) is 41.5. The van der Waals surface area contributed by atoms with Gasteiger partial charge in [0.05, 0.1) is 11.1 Å². The Hall–Kier alpha value is -2.74. The Morgan fingerprint density at radius 1 is 0.906 bits per heavy atom. The Bertz CT molecular complexity index is 1040. The first-order chi connectivity index (χ1) is 15.5. The van der Waals surface area contributed by atoms with Gasteiger partial charge in [0.15, 0.2) is 0 Å². The summed E-state index contributed by atoms with van der Waals surface area (Å²) in [7, 11) is 1.76. The maximum Gasteiger partial charge on any atom is 0.345 e. The summed E-state index contributed by atoms with van der Waals surface area (Å²) in [6.45, 7) is 3.20. The van der Waals surface area contributed by atoms with E-state index < -0.39 is 0 Å². The molecule has 2 aliphatic heterocycles. The van der Waals surface area contributed by atoms with E-state index >= 15 is 0 Å². The molecule has 5 rings (SSSR count). The van der Waals surface area contributed by atoms with Crippen LogP contribution >= 0.6 is 0 Å². The van der Waals surface area contributed by atoms with Crippen molar-refractivity contribution in [2.75, 3.05) is 26.2 Å². The molecule has 1 saturated heterocycles. The summed E-state index contributed by atoms with van der Waals surface area (Å²) < 4.78 is 3.48. The third kappa shape index (κ3) is 3.70. The molecule has 8 nitrogen and oxygen atoms in total. The molecule has 170 valence electrons. The molecule has 0 bridgehead atoms. The van der Waals surface area contributed by atoms with Crippen molar-refractivity contribution in [3.63, 3.8) is 0 Å². The Labute approximate surface area is 187 Å². The van der Waals surface area contributed by atoms with Gasteiger partial charge >= 0.3 is 5.69 Å². The highest BCUT2D eigenvalue weighted by Crippen LogP contribution is 2.33. The predicted molar refractivity (Wildman–Crippen MR) is 120 cm³/mol. The molecular formula is C24H31N5O3. The number of carbonyl (C=O) groups is 2. The van der Waals surface area contributed by atoms with E-state index in [0.29, 0.717) is 29.6 Å². The van der Waals surface area contributed by atoms with Crippen molar-refractivity contribution < 1.29 is 9.59 Å². The second kappa shape index (κ2) is 8.65. The van der Waals surface area contributed by atoms with Crippen LogP contribution in [0.25, 0.3) is 0 Å². The van der Waals surface area contributed by atoms with Gasteiger partial charge in [0.1, 0.15) is 5.82 Å². The zero-order valence-corrected chi connectivity index (χ0v) is 18.7. The molecule has 32 heavy (non-hydrogen) atoms. The van der Waals surface area contributed by atoms with Crippen molar-refractivity contribution in [1.82, 2.24) is 24.1 Å². The van der Waals surface area contributed by atoms with Crippen LogP contribution in [0.4, 0.5) is 0 Å². The first kappa shape index (κ1) is 21.1. The molecule has 2 aromatic rings. The number of hydrogen-bond donors (Lipinski definition) is 0. The first-order valence-electron chi connectivity index (χ1n) is 11.9. The summed E-state index contributed by atoms with van der Waals surface area (Å²) >= 11 is 0. The third-order valence-electron chi connectivity index (χ3n) is 7.36. The van der Waals surface area contributed by atoms with Gasteiger partial charge in [-0.2, -0.15) is 5.10 Å². The van der Waals surface area contributed by atoms with Gasteiger partial charge in [-0.1, -0.05) is 25.0 Å². The summed E-state index contributed by atoms with van der Waals surface area (Å²) in [5, 5.41) is 4.62. The fraction of sp³-hybridized carbons (Fsp3) is 0.583. The number of imide groups is 1. The topological polar surface area (TPSA) is 80.4 Å². The average Bonchev–Trinajstić information content (AvgIpc) is 3.50. The van der Waals surface area contributed by atoms with E-state index in [9.17, 15) is 14.4 Å². The van der Waals surface area contributed by atoms with Crippen LogP contribution in [-0.2, 0) is 7.05 Å². The van der Waals surface area contributed by atoms with E-state index in [0.717, 1.165) is 57.6 Å². The Kier molecular flexibility index (Phi) is 5.71. The fourth-order valence-electron chi connectivity index (χ4n) is 5.59. The van der Waals surface area contributed by atoms with Gasteiger partial charge in [0.2, 0.25) is 0 Å². The number of piperidine rings is 1. The fourth-order valence-corrected chi connectivity index (χ4v) is 5.59. The molecule has 0 spiro atoms. The van der Waals surface area contributed by atoms with E-state index in [1.54, 1.807) is 31.3 Å². The third-order valence-corrected chi connectivity index (χ3v) is 7.36. The van der Waals surface area contributed by atoms with Crippen LogP contribution in [0.2, 0.25) is 0 Å². The molecule has 0 N–H and O–H groups in total. The van der Waals surface area contributed by atoms with Gasteiger partial charge in [0.25, 0.3) is 11.8 Å². The van der Waals surface area contributed by atoms with Crippen LogP contribution in [0, 0.1) is 0 Å². The maximum atomic E-state index is 12.7. The highest BCUT2D eigenvalue weighted by atomic mass is 16.2. The Morgan fingerprint density at radius 3 is 2.16 bits per heavy atom. The van der Waals surface area contributed by atoms with E-state index in [1.807, 2.05) is 4.57 Å². The van der Waals surface area contributed by atoms with Crippen molar-refractivity contribution in [3.05, 3.63) is 51.7 Å². The summed E-state index contributed by atoms with van der Waals surface area (Å²) in [6.07, 6.45) is 7.28. The van der Waals surface area contributed by atoms with Gasteiger partial charge in [-0.05, 0) is 63.9 Å². The lowest BCUT2D eigenvalue weighted by Crippen LogP contribution is -2.37. The summed E-state index contributed by atoms with van der Waals surface area (Å²) in [5.41, 5.74) is 1.05. The predicted octanol–water partition coefficient (Wildman–Crippen LogP) is 2.56. The quantitative estimate of drug-likeness (QED) is 0.649. The number of aromatic nitrogens is 3. The SMILES string of the molecule is Cn1nc(C2CCN(CCCN3C(=O)c4ccccc4C3=O)CC2)n(C2CCCC2)c1=O. The zero-order chi connectivity index (χ0) is 22.2. The molecule has 3 heterocycles. The molecule has 0 radical (unpaired) electrons. The standard InChI is InChI=1S/C24H31N5O3/c1-26-24(32)29(18-7-2-3-8-18)21(25-26)17-11-15-27(16-12-17)13-6-14-28-22(30)19-9-4-5-10-20(19)23(28)31/h4-5,9-10,17-18H,2-3,6-8,11-16H2,1H3. The maximum absolute atomic E-state index is 12.7. The number of likely N-dealkylation sites (tertiary alicyclic amines) is 1. The second-order valence-electron chi connectivity index (χ2n) is 9.35. The van der Waals surface area contributed by atoms with Crippen molar-refractivity contribution >= 4 is 11.8 Å². The van der Waals surface area contributed by atoms with E-state index in [2.05, 4.69) is 10.00 Å².